The quantitative estimate of drug-likeness (QED) is 0.887. The Labute approximate surface area is 113 Å². The zero-order valence-electron chi connectivity index (χ0n) is 10.8. The number of methoxy groups -OCH3 is 2. The summed E-state index contributed by atoms with van der Waals surface area (Å²) in [5, 5.41) is 11.9. The minimum absolute atomic E-state index is 0.0197. The van der Waals surface area contributed by atoms with Crippen molar-refractivity contribution in [2.45, 2.75) is 12.0 Å². The molecule has 0 aromatic heterocycles. The van der Waals surface area contributed by atoms with Crippen molar-refractivity contribution < 1.29 is 32.9 Å². The highest BCUT2D eigenvalue weighted by Crippen LogP contribution is 2.44. The molecule has 1 aliphatic heterocycles. The zero-order chi connectivity index (χ0) is 14.9. The summed E-state index contributed by atoms with van der Waals surface area (Å²) < 4.78 is 41.9. The van der Waals surface area contributed by atoms with Crippen LogP contribution in [0.1, 0.15) is 11.6 Å². The molecule has 0 spiro atoms. The summed E-state index contributed by atoms with van der Waals surface area (Å²) in [6.07, 6.45) is -0.988. The smallest absolute Gasteiger partial charge is 0.408 e. The highest BCUT2D eigenvalue weighted by atomic mass is 19.3. The molecule has 1 atom stereocenters. The highest BCUT2D eigenvalue weighted by molar-refractivity contribution is 5.70. The topological polar surface area (TPSA) is 77.0 Å². The molecule has 1 aromatic rings. The van der Waals surface area contributed by atoms with E-state index in [1.807, 2.05) is 5.32 Å². The number of alkyl carbamates (subject to hydrolysis) is 1. The molecule has 1 aliphatic rings. The number of phenolic OH excluding ortho intramolecular Hbond substituents is 1. The normalized spacial score (nSPS) is 20.8. The fourth-order valence-electron chi connectivity index (χ4n) is 1.96. The molecule has 8 heteroatoms. The lowest BCUT2D eigenvalue weighted by Gasteiger charge is -2.32. The van der Waals surface area contributed by atoms with Gasteiger partial charge < -0.3 is 24.6 Å². The van der Waals surface area contributed by atoms with Gasteiger partial charge in [-0.25, -0.2) is 13.6 Å². The number of halogens is 2. The summed E-state index contributed by atoms with van der Waals surface area (Å²) in [7, 11) is 2.62. The predicted molar refractivity (Wildman–Crippen MR) is 63.4 cm³/mol. The number of alkyl halides is 2. The van der Waals surface area contributed by atoms with Crippen molar-refractivity contribution in [3.63, 3.8) is 0 Å². The average Bonchev–Trinajstić information content (AvgIpc) is 2.41. The fraction of sp³-hybridized carbons (Fsp3) is 0.417. The van der Waals surface area contributed by atoms with Gasteiger partial charge in [-0.3, -0.25) is 0 Å². The van der Waals surface area contributed by atoms with E-state index in [2.05, 4.69) is 4.74 Å². The first kappa shape index (κ1) is 14.2. The van der Waals surface area contributed by atoms with Crippen LogP contribution >= 0.6 is 0 Å². The molecule has 0 aliphatic carbocycles. The monoisotopic (exact) mass is 289 g/mol. The van der Waals surface area contributed by atoms with Crippen LogP contribution in [0.15, 0.2) is 12.1 Å². The van der Waals surface area contributed by atoms with Crippen molar-refractivity contribution in [2.24, 2.45) is 0 Å². The number of benzene rings is 1. The highest BCUT2D eigenvalue weighted by Gasteiger charge is 2.49. The van der Waals surface area contributed by atoms with Gasteiger partial charge in [0.15, 0.2) is 6.61 Å². The lowest BCUT2D eigenvalue weighted by molar-refractivity contribution is -0.105. The predicted octanol–water partition coefficient (Wildman–Crippen LogP) is 1.83. The van der Waals surface area contributed by atoms with Crippen LogP contribution in [-0.4, -0.2) is 37.9 Å². The standard InChI is InChI=1S/C12H13F2NO5/c1-18-6-3-7(16)9(8(4-6)19-2)10-12(13,14)5-20-11(17)15-10/h3-4,10,16H,5H2,1-2H3,(H,15,17)/t10-/m0/s1. The summed E-state index contributed by atoms with van der Waals surface area (Å²) in [5.74, 6) is -3.63. The van der Waals surface area contributed by atoms with Crippen LogP contribution in [0.3, 0.4) is 0 Å². The van der Waals surface area contributed by atoms with Gasteiger partial charge in [0.1, 0.15) is 23.3 Å². The Kier molecular flexibility index (Phi) is 3.56. The van der Waals surface area contributed by atoms with E-state index in [1.54, 1.807) is 0 Å². The summed E-state index contributed by atoms with van der Waals surface area (Å²) >= 11 is 0. The second kappa shape index (κ2) is 5.03. The fourth-order valence-corrected chi connectivity index (χ4v) is 1.96. The maximum absolute atomic E-state index is 13.9. The van der Waals surface area contributed by atoms with E-state index in [0.717, 1.165) is 6.07 Å². The molecule has 1 amide bonds. The summed E-state index contributed by atoms with van der Waals surface area (Å²) in [6, 6.07) is 0.757. The largest absolute Gasteiger partial charge is 0.507 e. The Balaban J connectivity index is 2.52. The van der Waals surface area contributed by atoms with E-state index in [4.69, 9.17) is 9.47 Å². The number of nitrogens with one attached hydrogen (secondary N) is 1. The Morgan fingerprint density at radius 1 is 1.40 bits per heavy atom. The van der Waals surface area contributed by atoms with Crippen LogP contribution in [0, 0.1) is 0 Å². The van der Waals surface area contributed by atoms with Crippen LogP contribution in [0.5, 0.6) is 17.2 Å². The third kappa shape index (κ3) is 2.40. The number of rotatable bonds is 3. The molecule has 0 bridgehead atoms. The number of hydrogen-bond acceptors (Lipinski definition) is 5. The van der Waals surface area contributed by atoms with Gasteiger partial charge in [-0.05, 0) is 0 Å². The molecule has 2 N–H and O–H groups in total. The van der Waals surface area contributed by atoms with Gasteiger partial charge in [-0.1, -0.05) is 0 Å². The summed E-state index contributed by atoms with van der Waals surface area (Å²) in [4.78, 5) is 11.2. The van der Waals surface area contributed by atoms with E-state index >= 15 is 0 Å². The van der Waals surface area contributed by atoms with Crippen molar-refractivity contribution in [1.29, 1.82) is 0 Å². The van der Waals surface area contributed by atoms with Crippen LogP contribution in [0.2, 0.25) is 0 Å². The Morgan fingerprint density at radius 2 is 2.10 bits per heavy atom. The second-order valence-electron chi connectivity index (χ2n) is 4.18. The summed E-state index contributed by atoms with van der Waals surface area (Å²) in [5.41, 5.74) is -0.227. The van der Waals surface area contributed by atoms with E-state index in [9.17, 15) is 18.7 Å². The van der Waals surface area contributed by atoms with Crippen molar-refractivity contribution >= 4 is 6.09 Å². The number of ether oxygens (including phenoxy) is 3. The Bertz CT molecular complexity index is 535. The van der Waals surface area contributed by atoms with Crippen LogP contribution in [-0.2, 0) is 4.74 Å². The molecular weight excluding hydrogens is 276 g/mol. The number of hydrogen-bond donors (Lipinski definition) is 2. The SMILES string of the molecule is COc1cc(O)c([C@@H]2NC(=O)OCC2(F)F)c(OC)c1. The first-order valence-electron chi connectivity index (χ1n) is 5.65. The van der Waals surface area contributed by atoms with Crippen molar-refractivity contribution in [2.75, 3.05) is 20.8 Å². The van der Waals surface area contributed by atoms with Crippen LogP contribution in [0.25, 0.3) is 0 Å². The zero-order valence-corrected chi connectivity index (χ0v) is 10.8. The van der Waals surface area contributed by atoms with Gasteiger partial charge in [-0.15, -0.1) is 0 Å². The molecule has 2 rings (SSSR count). The van der Waals surface area contributed by atoms with Gasteiger partial charge in [0.25, 0.3) is 0 Å². The van der Waals surface area contributed by atoms with E-state index in [1.165, 1.54) is 20.3 Å². The van der Waals surface area contributed by atoms with Gasteiger partial charge in [0, 0.05) is 12.1 Å². The summed E-state index contributed by atoms with van der Waals surface area (Å²) in [6.45, 7) is -1.07. The van der Waals surface area contributed by atoms with Gasteiger partial charge >= 0.3 is 12.0 Å². The maximum atomic E-state index is 13.9. The van der Waals surface area contributed by atoms with E-state index in [0.29, 0.717) is 0 Å². The number of carbonyl (C=O) groups is 1. The molecule has 6 nitrogen and oxygen atoms in total. The minimum atomic E-state index is -3.38. The molecule has 1 heterocycles. The molecule has 1 aromatic carbocycles. The van der Waals surface area contributed by atoms with Crippen LogP contribution in [0.4, 0.5) is 13.6 Å². The first-order chi connectivity index (χ1) is 9.39. The number of amides is 1. The Morgan fingerprint density at radius 3 is 2.70 bits per heavy atom. The molecule has 20 heavy (non-hydrogen) atoms. The first-order valence-corrected chi connectivity index (χ1v) is 5.65. The van der Waals surface area contributed by atoms with Crippen LogP contribution < -0.4 is 14.8 Å². The van der Waals surface area contributed by atoms with Crippen molar-refractivity contribution in [3.05, 3.63) is 17.7 Å². The Hall–Kier alpha value is -2.25. The van der Waals surface area contributed by atoms with Crippen molar-refractivity contribution in [1.82, 2.24) is 5.32 Å². The van der Waals surface area contributed by atoms with Gasteiger partial charge in [0.2, 0.25) is 0 Å². The molecule has 0 unspecified atom stereocenters. The third-order valence-corrected chi connectivity index (χ3v) is 2.92. The molecule has 110 valence electrons. The molecular formula is C12H13F2NO5. The molecule has 0 radical (unpaired) electrons. The van der Waals surface area contributed by atoms with Gasteiger partial charge in [-0.2, -0.15) is 0 Å². The van der Waals surface area contributed by atoms with E-state index < -0.39 is 30.4 Å². The number of aromatic hydroxyl groups is 1. The number of phenols is 1. The maximum Gasteiger partial charge on any atom is 0.408 e. The van der Waals surface area contributed by atoms with Gasteiger partial charge in [0.05, 0.1) is 19.8 Å². The second-order valence-corrected chi connectivity index (χ2v) is 4.18. The minimum Gasteiger partial charge on any atom is -0.507 e. The molecule has 1 saturated heterocycles. The van der Waals surface area contributed by atoms with E-state index in [-0.39, 0.29) is 17.1 Å². The van der Waals surface area contributed by atoms with Crippen molar-refractivity contribution in [3.8, 4) is 17.2 Å². The molecule has 0 saturated carbocycles. The average molecular weight is 289 g/mol. The molecule has 1 fully saturated rings. The number of cyclic esters (lactones) is 1. The third-order valence-electron chi connectivity index (χ3n) is 2.92. The lowest BCUT2D eigenvalue weighted by Crippen LogP contribution is -2.49. The lowest BCUT2D eigenvalue weighted by atomic mass is 9.97. The number of carbonyl (C=O) groups excluding carboxylic acids is 1.